The Hall–Kier alpha value is -3.41. The summed E-state index contributed by atoms with van der Waals surface area (Å²) in [4.78, 5) is 39.9. The second-order valence-electron chi connectivity index (χ2n) is 8.61. The maximum Gasteiger partial charge on any atom is 0.419 e. The molecule has 2 aliphatic heterocycles. The molecule has 180 valence electrons. The quantitative estimate of drug-likeness (QED) is 0.656. The highest BCUT2D eigenvalue weighted by molar-refractivity contribution is 5.99. The Morgan fingerprint density at radius 2 is 2.00 bits per heavy atom. The van der Waals surface area contributed by atoms with Crippen molar-refractivity contribution in [1.29, 1.82) is 0 Å². The first-order valence-corrected chi connectivity index (χ1v) is 10.6. The largest absolute Gasteiger partial charge is 0.503 e. The van der Waals surface area contributed by atoms with Crippen molar-refractivity contribution in [2.24, 2.45) is 0 Å². The Bertz CT molecular complexity index is 1260. The van der Waals surface area contributed by atoms with Crippen LogP contribution in [0.5, 0.6) is 5.75 Å². The highest BCUT2D eigenvalue weighted by Gasteiger charge is 2.47. The summed E-state index contributed by atoms with van der Waals surface area (Å²) < 4.78 is 59.4. The van der Waals surface area contributed by atoms with E-state index in [4.69, 9.17) is 4.74 Å². The maximum atomic E-state index is 13.5. The van der Waals surface area contributed by atoms with Crippen LogP contribution in [-0.2, 0) is 24.0 Å². The average Bonchev–Trinajstić information content (AvgIpc) is 3.15. The average molecular weight is 481 g/mol. The number of hydrogen-bond donors (Lipinski definition) is 2. The Labute approximate surface area is 189 Å². The molecular weight excluding hydrogens is 462 g/mol. The second kappa shape index (κ2) is 7.83. The summed E-state index contributed by atoms with van der Waals surface area (Å²) in [7, 11) is 0. The van der Waals surface area contributed by atoms with Gasteiger partial charge in [0, 0.05) is 18.8 Å². The molecule has 2 N–H and O–H groups in total. The lowest BCUT2D eigenvalue weighted by Gasteiger charge is -2.44. The monoisotopic (exact) mass is 481 g/mol. The van der Waals surface area contributed by atoms with Gasteiger partial charge < -0.3 is 24.6 Å². The zero-order chi connectivity index (χ0) is 24.4. The van der Waals surface area contributed by atoms with Gasteiger partial charge in [-0.3, -0.25) is 14.4 Å². The molecule has 0 radical (unpaired) electrons. The smallest absolute Gasteiger partial charge is 0.419 e. The number of nitrogens with zero attached hydrogens (tertiary/aromatic N) is 2. The van der Waals surface area contributed by atoms with Gasteiger partial charge in [0.1, 0.15) is 11.4 Å². The van der Waals surface area contributed by atoms with Crippen LogP contribution in [0.1, 0.15) is 51.2 Å². The molecular formula is C22H19F4N3O5. The van der Waals surface area contributed by atoms with Crippen molar-refractivity contribution in [1.82, 2.24) is 14.8 Å². The number of fused-ring (bicyclic) bond motifs is 5. The van der Waals surface area contributed by atoms with Crippen molar-refractivity contribution in [3.63, 3.8) is 0 Å². The molecule has 2 bridgehead atoms. The molecule has 1 aromatic carbocycles. The van der Waals surface area contributed by atoms with E-state index >= 15 is 0 Å². The van der Waals surface area contributed by atoms with E-state index in [0.29, 0.717) is 18.6 Å². The van der Waals surface area contributed by atoms with Gasteiger partial charge in [-0.25, -0.2) is 4.39 Å². The number of halogens is 4. The maximum absolute atomic E-state index is 13.5. The molecule has 2 aromatic rings. The van der Waals surface area contributed by atoms with Crippen molar-refractivity contribution < 1.29 is 37.0 Å². The summed E-state index contributed by atoms with van der Waals surface area (Å²) in [6, 6.07) is 2.23. The van der Waals surface area contributed by atoms with E-state index in [1.54, 1.807) is 0 Å². The number of carbonyl (C=O) groups excluding carboxylic acids is 2. The van der Waals surface area contributed by atoms with E-state index in [-0.39, 0.29) is 29.9 Å². The van der Waals surface area contributed by atoms with Gasteiger partial charge in [-0.2, -0.15) is 13.2 Å². The van der Waals surface area contributed by atoms with Crippen LogP contribution in [0.3, 0.4) is 0 Å². The summed E-state index contributed by atoms with van der Waals surface area (Å²) in [5, 5.41) is 12.8. The number of alkyl halides is 3. The molecule has 1 aliphatic carbocycles. The molecule has 8 nitrogen and oxygen atoms in total. The molecule has 3 aliphatic rings. The van der Waals surface area contributed by atoms with E-state index in [1.165, 1.54) is 9.47 Å². The molecule has 3 unspecified atom stereocenters. The van der Waals surface area contributed by atoms with Crippen molar-refractivity contribution in [3.05, 3.63) is 62.8 Å². The van der Waals surface area contributed by atoms with Crippen LogP contribution in [0.4, 0.5) is 17.6 Å². The molecule has 12 heteroatoms. The fraction of sp³-hybridized carbons (Fsp3) is 0.409. The van der Waals surface area contributed by atoms with Crippen LogP contribution in [0.15, 0.2) is 29.2 Å². The van der Waals surface area contributed by atoms with Crippen molar-refractivity contribution >= 4 is 11.8 Å². The molecule has 2 amide bonds. The van der Waals surface area contributed by atoms with Crippen LogP contribution in [0, 0.1) is 5.82 Å². The van der Waals surface area contributed by atoms with Gasteiger partial charge in [0.05, 0.1) is 18.2 Å². The first-order valence-electron chi connectivity index (χ1n) is 10.6. The van der Waals surface area contributed by atoms with E-state index < -0.39 is 58.9 Å². The number of ether oxygens (including phenoxy) is 1. The topological polar surface area (TPSA) is 101 Å². The predicted octanol–water partition coefficient (Wildman–Crippen LogP) is 2.38. The number of rotatable bonds is 3. The van der Waals surface area contributed by atoms with Crippen LogP contribution < -0.4 is 10.7 Å². The Morgan fingerprint density at radius 3 is 2.74 bits per heavy atom. The minimum Gasteiger partial charge on any atom is -0.503 e. The number of carbonyl (C=O) groups is 2. The number of nitrogens with one attached hydrogen (secondary N) is 1. The number of hydrogen-bond acceptors (Lipinski definition) is 5. The van der Waals surface area contributed by atoms with Gasteiger partial charge in [0.25, 0.3) is 11.8 Å². The highest BCUT2D eigenvalue weighted by atomic mass is 19.4. The Kier molecular flexibility index (Phi) is 5.15. The fourth-order valence-corrected chi connectivity index (χ4v) is 4.89. The van der Waals surface area contributed by atoms with E-state index in [2.05, 4.69) is 5.32 Å². The van der Waals surface area contributed by atoms with Crippen molar-refractivity contribution in [2.45, 2.75) is 56.9 Å². The molecule has 2 fully saturated rings. The summed E-state index contributed by atoms with van der Waals surface area (Å²) >= 11 is 0. The summed E-state index contributed by atoms with van der Waals surface area (Å²) in [6.07, 6.45) is -2.09. The molecule has 1 saturated carbocycles. The number of aromatic nitrogens is 1. The van der Waals surface area contributed by atoms with Gasteiger partial charge in [-0.1, -0.05) is 6.07 Å². The molecule has 3 heterocycles. The third-order valence-electron chi connectivity index (χ3n) is 6.49. The van der Waals surface area contributed by atoms with Crippen LogP contribution >= 0.6 is 0 Å². The molecule has 1 saturated heterocycles. The molecule has 34 heavy (non-hydrogen) atoms. The number of pyridine rings is 1. The lowest BCUT2D eigenvalue weighted by Crippen LogP contribution is -2.57. The van der Waals surface area contributed by atoms with Gasteiger partial charge in [0.2, 0.25) is 5.43 Å². The zero-order valence-electron chi connectivity index (χ0n) is 17.6. The van der Waals surface area contributed by atoms with E-state index in [1.807, 2.05) is 0 Å². The summed E-state index contributed by atoms with van der Waals surface area (Å²) in [5.41, 5.74) is -3.32. The Balaban J connectivity index is 1.40. The molecule has 1 aromatic heterocycles. The third kappa shape index (κ3) is 3.61. The van der Waals surface area contributed by atoms with Crippen molar-refractivity contribution in [3.8, 4) is 5.75 Å². The Morgan fingerprint density at radius 1 is 1.24 bits per heavy atom. The standard InChI is InChI=1S/C22H19F4N3O5/c23-15-4-1-10(5-14(15)22(24,25)26)7-27-20(32)13-8-28-9-16-29(11-2-3-12(6-11)34-16)21(33)17(28)19(31)18(13)30/h1,4-5,8,11-12,16,31H,2-3,6-7,9H2,(H,27,32). The van der Waals surface area contributed by atoms with Gasteiger partial charge in [-0.05, 0) is 37.0 Å². The van der Waals surface area contributed by atoms with Gasteiger partial charge in [-0.15, -0.1) is 0 Å². The third-order valence-corrected chi connectivity index (χ3v) is 6.49. The second-order valence-corrected chi connectivity index (χ2v) is 8.61. The van der Waals surface area contributed by atoms with Crippen LogP contribution in [0.2, 0.25) is 0 Å². The molecule has 5 rings (SSSR count). The van der Waals surface area contributed by atoms with Gasteiger partial charge >= 0.3 is 6.18 Å². The zero-order valence-corrected chi connectivity index (χ0v) is 17.6. The van der Waals surface area contributed by atoms with E-state index in [9.17, 15) is 37.1 Å². The first kappa shape index (κ1) is 22.4. The predicted molar refractivity (Wildman–Crippen MR) is 107 cm³/mol. The normalized spacial score (nSPS) is 23.5. The van der Waals surface area contributed by atoms with Gasteiger partial charge in [0.15, 0.2) is 17.7 Å². The number of amides is 2. The SMILES string of the molecule is O=C(NCc1ccc(F)c(C(F)(F)F)c1)c1cn2c(c(O)c1=O)C(=O)N1C3CCC(C3)OC1C2. The summed E-state index contributed by atoms with van der Waals surface area (Å²) in [5.74, 6) is -3.85. The molecule has 0 spiro atoms. The first-order chi connectivity index (χ1) is 16.0. The van der Waals surface area contributed by atoms with Crippen LogP contribution in [-0.4, -0.2) is 44.8 Å². The number of aromatic hydroxyl groups is 1. The minimum absolute atomic E-state index is 0.0219. The van der Waals surface area contributed by atoms with Crippen LogP contribution in [0.25, 0.3) is 0 Å². The van der Waals surface area contributed by atoms with Crippen molar-refractivity contribution in [2.75, 3.05) is 0 Å². The lowest BCUT2D eigenvalue weighted by atomic mass is 10.1. The van der Waals surface area contributed by atoms with E-state index in [0.717, 1.165) is 25.1 Å². The summed E-state index contributed by atoms with van der Waals surface area (Å²) in [6.45, 7) is -0.318. The minimum atomic E-state index is -4.91. The lowest BCUT2D eigenvalue weighted by molar-refractivity contribution is -0.140. The highest BCUT2D eigenvalue weighted by Crippen LogP contribution is 2.38. The number of benzene rings is 1. The fourth-order valence-electron chi connectivity index (χ4n) is 4.89. The molecule has 3 atom stereocenters.